The number of piperazine rings is 1. The molecule has 0 aromatic heterocycles. The van der Waals surface area contributed by atoms with Gasteiger partial charge in [0.15, 0.2) is 0 Å². The molecular formula is C47H91N3O4. The van der Waals surface area contributed by atoms with Gasteiger partial charge in [0.25, 0.3) is 0 Å². The van der Waals surface area contributed by atoms with Gasteiger partial charge in [-0.25, -0.2) is 4.79 Å². The Bertz CT molecular complexity index is 830. The van der Waals surface area contributed by atoms with Crippen LogP contribution in [0.1, 0.15) is 194 Å². The van der Waals surface area contributed by atoms with Crippen LogP contribution in [0.3, 0.4) is 0 Å². The van der Waals surface area contributed by atoms with Gasteiger partial charge in [-0.15, -0.1) is 0 Å². The lowest BCUT2D eigenvalue weighted by Gasteiger charge is -2.32. The third kappa shape index (κ3) is 36.2. The number of hydrogen-bond donors (Lipinski definition) is 1. The summed E-state index contributed by atoms with van der Waals surface area (Å²) in [6.07, 6.45) is 45.5. The van der Waals surface area contributed by atoms with Gasteiger partial charge in [0.05, 0.1) is 6.61 Å². The predicted molar refractivity (Wildman–Crippen MR) is 233 cm³/mol. The molecule has 1 rings (SSSR count). The van der Waals surface area contributed by atoms with Crippen molar-refractivity contribution >= 4 is 6.09 Å². The lowest BCUT2D eigenvalue weighted by molar-refractivity contribution is -0.0468. The van der Waals surface area contributed by atoms with E-state index in [0.717, 1.165) is 52.2 Å². The van der Waals surface area contributed by atoms with Crippen molar-refractivity contribution in [1.29, 1.82) is 0 Å². The molecule has 1 fully saturated rings. The number of nitrogens with one attached hydrogen (secondary N) is 1. The van der Waals surface area contributed by atoms with Crippen molar-refractivity contribution in [1.82, 2.24) is 15.1 Å². The van der Waals surface area contributed by atoms with Crippen molar-refractivity contribution in [3.63, 3.8) is 0 Å². The molecule has 0 saturated carbocycles. The van der Waals surface area contributed by atoms with Crippen molar-refractivity contribution in [3.8, 4) is 0 Å². The molecular weight excluding hydrogens is 671 g/mol. The third-order valence-corrected chi connectivity index (χ3v) is 10.8. The van der Waals surface area contributed by atoms with Crippen LogP contribution in [0.25, 0.3) is 0 Å². The fraction of sp³-hybridized carbons (Fsp3) is 0.894. The van der Waals surface area contributed by atoms with Gasteiger partial charge in [0, 0.05) is 52.5 Å². The number of hydrogen-bond acceptors (Lipinski definition) is 6. The average molecular weight is 762 g/mol. The summed E-state index contributed by atoms with van der Waals surface area (Å²) in [5, 5.41) is 2.93. The molecule has 1 heterocycles. The van der Waals surface area contributed by atoms with E-state index in [1.165, 1.54) is 167 Å². The number of carbonyl (C=O) groups is 1. The van der Waals surface area contributed by atoms with Crippen LogP contribution in [0.5, 0.6) is 0 Å². The van der Waals surface area contributed by atoms with Gasteiger partial charge < -0.3 is 24.4 Å². The molecule has 318 valence electrons. The Balaban J connectivity index is 2.14. The molecule has 1 aliphatic rings. The van der Waals surface area contributed by atoms with E-state index in [1.807, 2.05) is 0 Å². The number of carbonyl (C=O) groups excluding carboxylic acids is 1. The maximum atomic E-state index is 12.5. The molecule has 0 bridgehead atoms. The van der Waals surface area contributed by atoms with Crippen LogP contribution in [0.4, 0.5) is 4.79 Å². The van der Waals surface area contributed by atoms with Crippen LogP contribution in [0.2, 0.25) is 0 Å². The van der Waals surface area contributed by atoms with Crippen LogP contribution in [-0.2, 0) is 14.2 Å². The largest absolute Gasteiger partial charge is 0.447 e. The number of alkyl carbamates (subject to hydrolysis) is 1. The number of likely N-dealkylation sites (N-methyl/N-ethyl adjacent to an activating group) is 1. The normalized spacial score (nSPS) is 14.8. The van der Waals surface area contributed by atoms with Crippen molar-refractivity contribution in [3.05, 3.63) is 24.3 Å². The first kappa shape index (κ1) is 50.6. The van der Waals surface area contributed by atoms with E-state index in [2.05, 4.69) is 60.3 Å². The van der Waals surface area contributed by atoms with E-state index < -0.39 is 0 Å². The number of allylic oxidation sites excluding steroid dienone is 4. The molecule has 7 nitrogen and oxygen atoms in total. The first-order valence-electron chi connectivity index (χ1n) is 23.5. The van der Waals surface area contributed by atoms with E-state index in [1.54, 1.807) is 0 Å². The Morgan fingerprint density at radius 2 is 0.981 bits per heavy atom. The zero-order chi connectivity index (χ0) is 38.8. The Kier molecular flexibility index (Phi) is 38.6. The van der Waals surface area contributed by atoms with E-state index in [0.29, 0.717) is 19.8 Å². The maximum absolute atomic E-state index is 12.5. The molecule has 0 aromatic carbocycles. The van der Waals surface area contributed by atoms with Crippen molar-refractivity contribution in [2.75, 3.05) is 72.7 Å². The molecule has 1 unspecified atom stereocenters. The fourth-order valence-corrected chi connectivity index (χ4v) is 7.02. The summed E-state index contributed by atoms with van der Waals surface area (Å²) >= 11 is 0. The number of nitrogens with zero attached hydrogens (tertiary/aromatic N) is 2. The van der Waals surface area contributed by atoms with Gasteiger partial charge in [-0.3, -0.25) is 4.90 Å². The summed E-state index contributed by atoms with van der Waals surface area (Å²) in [7, 11) is 2.16. The Morgan fingerprint density at radius 3 is 1.46 bits per heavy atom. The van der Waals surface area contributed by atoms with Crippen molar-refractivity contribution in [2.45, 2.75) is 200 Å². The Labute approximate surface area is 336 Å². The Morgan fingerprint density at radius 1 is 0.556 bits per heavy atom. The van der Waals surface area contributed by atoms with Crippen LogP contribution in [0.15, 0.2) is 24.3 Å². The first-order chi connectivity index (χ1) is 26.7. The zero-order valence-corrected chi connectivity index (χ0v) is 36.3. The standard InChI is InChI=1S/C47H91N3O4/c1-4-6-8-10-12-14-16-18-20-22-24-26-28-30-32-34-42-52-44-46(45-54-47(51)48-36-37-50-40-38-49(3)39-41-50)53-43-35-33-31-29-27-25-23-21-19-17-15-13-11-9-7-5-2/h18-21,46H,4-17,22-45H2,1-3H3,(H,48,51). The summed E-state index contributed by atoms with van der Waals surface area (Å²) in [6.45, 7) is 12.4. The highest BCUT2D eigenvalue weighted by Crippen LogP contribution is 2.12. The molecule has 0 radical (unpaired) electrons. The maximum Gasteiger partial charge on any atom is 0.407 e. The van der Waals surface area contributed by atoms with Gasteiger partial charge in [0.1, 0.15) is 12.7 Å². The van der Waals surface area contributed by atoms with Gasteiger partial charge in [-0.2, -0.15) is 0 Å². The van der Waals surface area contributed by atoms with Gasteiger partial charge in [-0.05, 0) is 71.3 Å². The number of amides is 1. The molecule has 0 aromatic rings. The minimum atomic E-state index is -0.358. The second kappa shape index (κ2) is 41.2. The van der Waals surface area contributed by atoms with Crippen molar-refractivity contribution < 1.29 is 19.0 Å². The van der Waals surface area contributed by atoms with E-state index >= 15 is 0 Å². The zero-order valence-electron chi connectivity index (χ0n) is 36.3. The minimum Gasteiger partial charge on any atom is -0.447 e. The average Bonchev–Trinajstić information content (AvgIpc) is 3.18. The molecule has 0 aliphatic carbocycles. The summed E-state index contributed by atoms with van der Waals surface area (Å²) < 4.78 is 17.8. The van der Waals surface area contributed by atoms with E-state index in [-0.39, 0.29) is 18.8 Å². The van der Waals surface area contributed by atoms with Gasteiger partial charge in [-0.1, -0.05) is 154 Å². The number of rotatable bonds is 40. The molecule has 1 saturated heterocycles. The highest BCUT2D eigenvalue weighted by molar-refractivity contribution is 5.67. The van der Waals surface area contributed by atoms with Gasteiger partial charge in [0.2, 0.25) is 0 Å². The Hall–Kier alpha value is -1.41. The lowest BCUT2D eigenvalue weighted by atomic mass is 10.1. The third-order valence-electron chi connectivity index (χ3n) is 10.8. The molecule has 0 spiro atoms. The van der Waals surface area contributed by atoms with Gasteiger partial charge >= 0.3 is 6.09 Å². The fourth-order valence-electron chi connectivity index (χ4n) is 7.02. The smallest absolute Gasteiger partial charge is 0.407 e. The first-order valence-corrected chi connectivity index (χ1v) is 23.5. The molecule has 7 heteroatoms. The van der Waals surface area contributed by atoms with E-state index in [9.17, 15) is 4.79 Å². The number of ether oxygens (including phenoxy) is 3. The second-order valence-corrected chi connectivity index (χ2v) is 16.1. The summed E-state index contributed by atoms with van der Waals surface area (Å²) in [6, 6.07) is 0. The molecule has 1 aliphatic heterocycles. The lowest BCUT2D eigenvalue weighted by Crippen LogP contribution is -2.47. The number of unbranched alkanes of at least 4 members (excludes halogenated alkanes) is 24. The summed E-state index contributed by atoms with van der Waals surface area (Å²) in [4.78, 5) is 17.2. The van der Waals surface area contributed by atoms with Crippen molar-refractivity contribution in [2.24, 2.45) is 0 Å². The van der Waals surface area contributed by atoms with Crippen LogP contribution in [-0.4, -0.2) is 94.7 Å². The topological polar surface area (TPSA) is 63.3 Å². The summed E-state index contributed by atoms with van der Waals surface area (Å²) in [5.74, 6) is 0. The quantitative estimate of drug-likeness (QED) is 0.0495. The van der Waals surface area contributed by atoms with E-state index in [4.69, 9.17) is 14.2 Å². The van der Waals surface area contributed by atoms with Crippen LogP contribution >= 0.6 is 0 Å². The van der Waals surface area contributed by atoms with Crippen LogP contribution < -0.4 is 5.32 Å². The highest BCUT2D eigenvalue weighted by Gasteiger charge is 2.15. The molecule has 1 amide bonds. The minimum absolute atomic E-state index is 0.217. The highest BCUT2D eigenvalue weighted by atomic mass is 16.6. The molecule has 1 atom stereocenters. The van der Waals surface area contributed by atoms with Crippen LogP contribution in [0, 0.1) is 0 Å². The SMILES string of the molecule is CCCCCCCCC=CCCCCCCCCOCC(COC(=O)NCCN1CCN(C)CC1)OCCCCCCCCC=CCCCCCCCC. The predicted octanol–water partition coefficient (Wildman–Crippen LogP) is 12.4. The molecule has 54 heavy (non-hydrogen) atoms. The monoisotopic (exact) mass is 762 g/mol. The molecule has 1 N–H and O–H groups in total. The summed E-state index contributed by atoms with van der Waals surface area (Å²) in [5.41, 5.74) is 0. The second-order valence-electron chi connectivity index (χ2n) is 16.1.